The number of carboxylic acid groups (broad SMARTS) is 1. The topological polar surface area (TPSA) is 74.7 Å². The van der Waals surface area contributed by atoms with Crippen LogP contribution in [0.2, 0.25) is 0 Å². The standard InChI is InChI=1S/C9H17NO4S/c1-9(2,3)15(13,14)10(6-8(11)12)7-4-5-7/h7H,4-6H2,1-3H3,(H,11,12). The number of carboxylic acids is 1. The molecule has 1 fully saturated rings. The van der Waals surface area contributed by atoms with E-state index in [1.165, 1.54) is 0 Å². The van der Waals surface area contributed by atoms with Gasteiger partial charge in [0.1, 0.15) is 6.54 Å². The largest absolute Gasteiger partial charge is 0.480 e. The van der Waals surface area contributed by atoms with Gasteiger partial charge in [-0.15, -0.1) is 0 Å². The van der Waals surface area contributed by atoms with Crippen molar-refractivity contribution in [2.75, 3.05) is 6.54 Å². The Labute approximate surface area is 90.1 Å². The first kappa shape index (κ1) is 12.4. The fourth-order valence-corrected chi connectivity index (χ4v) is 2.85. The maximum Gasteiger partial charge on any atom is 0.318 e. The first-order valence-electron chi connectivity index (χ1n) is 4.89. The lowest BCUT2D eigenvalue weighted by atomic mass is 10.3. The summed E-state index contributed by atoms with van der Waals surface area (Å²) in [6.45, 7) is 4.32. The Kier molecular flexibility index (Phi) is 3.11. The van der Waals surface area contributed by atoms with Crippen molar-refractivity contribution in [3.8, 4) is 0 Å². The zero-order valence-corrected chi connectivity index (χ0v) is 10.0. The molecule has 0 unspecified atom stereocenters. The Hall–Kier alpha value is -0.620. The van der Waals surface area contributed by atoms with E-state index >= 15 is 0 Å². The quantitative estimate of drug-likeness (QED) is 0.777. The number of carbonyl (C=O) groups is 1. The van der Waals surface area contributed by atoms with Gasteiger partial charge in [-0.25, -0.2) is 8.42 Å². The Morgan fingerprint density at radius 2 is 1.87 bits per heavy atom. The summed E-state index contributed by atoms with van der Waals surface area (Å²) in [5.41, 5.74) is 0. The number of sulfonamides is 1. The second kappa shape index (κ2) is 3.75. The fraction of sp³-hybridized carbons (Fsp3) is 0.889. The van der Waals surface area contributed by atoms with Crippen molar-refractivity contribution in [3.05, 3.63) is 0 Å². The third-order valence-electron chi connectivity index (χ3n) is 2.33. The molecule has 1 aliphatic carbocycles. The number of nitrogens with zero attached hydrogens (tertiary/aromatic N) is 1. The molecule has 6 heteroatoms. The van der Waals surface area contributed by atoms with Gasteiger partial charge in [-0.3, -0.25) is 4.79 Å². The van der Waals surface area contributed by atoms with Crippen LogP contribution < -0.4 is 0 Å². The number of hydrogen-bond donors (Lipinski definition) is 1. The summed E-state index contributed by atoms with van der Waals surface area (Å²) in [6.07, 6.45) is 1.53. The van der Waals surface area contributed by atoms with Crippen LogP contribution in [0.15, 0.2) is 0 Å². The molecule has 0 bridgehead atoms. The Bertz CT molecular complexity index is 351. The van der Waals surface area contributed by atoms with Crippen LogP contribution in [0.1, 0.15) is 33.6 Å². The lowest BCUT2D eigenvalue weighted by Gasteiger charge is -2.28. The molecule has 0 radical (unpaired) electrons. The van der Waals surface area contributed by atoms with E-state index in [-0.39, 0.29) is 6.04 Å². The first-order valence-corrected chi connectivity index (χ1v) is 6.33. The van der Waals surface area contributed by atoms with Crippen molar-refractivity contribution in [3.63, 3.8) is 0 Å². The second-order valence-corrected chi connectivity index (χ2v) is 7.43. The molecule has 1 saturated carbocycles. The maximum absolute atomic E-state index is 12.0. The van der Waals surface area contributed by atoms with Crippen LogP contribution in [0.4, 0.5) is 0 Å². The second-order valence-electron chi connectivity index (χ2n) is 4.79. The highest BCUT2D eigenvalue weighted by atomic mass is 32.2. The van der Waals surface area contributed by atoms with Crippen molar-refractivity contribution in [2.24, 2.45) is 0 Å². The summed E-state index contributed by atoms with van der Waals surface area (Å²) in [6, 6.07) is -0.106. The van der Waals surface area contributed by atoms with Gasteiger partial charge < -0.3 is 5.11 Å². The van der Waals surface area contributed by atoms with E-state index in [4.69, 9.17) is 5.11 Å². The van der Waals surface area contributed by atoms with Crippen LogP contribution in [0.5, 0.6) is 0 Å². The Morgan fingerprint density at radius 1 is 1.40 bits per heavy atom. The minimum Gasteiger partial charge on any atom is -0.480 e. The van der Waals surface area contributed by atoms with Gasteiger partial charge in [0.25, 0.3) is 0 Å². The molecule has 0 aromatic rings. The lowest BCUT2D eigenvalue weighted by Crippen LogP contribution is -2.46. The molecule has 0 aliphatic heterocycles. The zero-order chi connectivity index (χ0) is 11.9. The van der Waals surface area contributed by atoms with E-state index < -0.39 is 27.3 Å². The highest BCUT2D eigenvalue weighted by Crippen LogP contribution is 2.33. The van der Waals surface area contributed by atoms with Gasteiger partial charge in [0, 0.05) is 6.04 Å². The minimum absolute atomic E-state index is 0.106. The number of rotatable bonds is 4. The minimum atomic E-state index is -3.52. The molecule has 0 aromatic carbocycles. The predicted octanol–water partition coefficient (Wildman–Crippen LogP) is 0.664. The fourth-order valence-electron chi connectivity index (χ4n) is 1.26. The molecule has 1 rings (SSSR count). The molecule has 0 spiro atoms. The average Bonchev–Trinajstić information content (AvgIpc) is 2.79. The van der Waals surface area contributed by atoms with Crippen LogP contribution in [0.3, 0.4) is 0 Å². The van der Waals surface area contributed by atoms with Crippen molar-refractivity contribution >= 4 is 16.0 Å². The molecule has 0 saturated heterocycles. The van der Waals surface area contributed by atoms with Gasteiger partial charge in [0.05, 0.1) is 4.75 Å². The van der Waals surface area contributed by atoms with E-state index in [1.54, 1.807) is 20.8 Å². The number of aliphatic carboxylic acids is 1. The number of hydrogen-bond acceptors (Lipinski definition) is 3. The van der Waals surface area contributed by atoms with Crippen molar-refractivity contribution in [1.82, 2.24) is 4.31 Å². The van der Waals surface area contributed by atoms with Crippen molar-refractivity contribution in [1.29, 1.82) is 0 Å². The summed E-state index contributed by atoms with van der Waals surface area (Å²) in [7, 11) is -3.52. The van der Waals surface area contributed by atoms with E-state index in [9.17, 15) is 13.2 Å². The molecular weight excluding hydrogens is 218 g/mol. The molecule has 0 atom stereocenters. The van der Waals surface area contributed by atoms with Crippen LogP contribution in [0.25, 0.3) is 0 Å². The highest BCUT2D eigenvalue weighted by Gasteiger charge is 2.44. The van der Waals surface area contributed by atoms with Gasteiger partial charge in [-0.05, 0) is 33.6 Å². The van der Waals surface area contributed by atoms with Gasteiger partial charge in [-0.1, -0.05) is 0 Å². The molecule has 0 aromatic heterocycles. The summed E-state index contributed by atoms with van der Waals surface area (Å²) in [5, 5.41) is 8.68. The molecule has 0 heterocycles. The average molecular weight is 235 g/mol. The normalized spacial score (nSPS) is 18.1. The highest BCUT2D eigenvalue weighted by molar-refractivity contribution is 7.90. The summed E-state index contributed by atoms with van der Waals surface area (Å²) < 4.78 is 24.2. The van der Waals surface area contributed by atoms with Crippen molar-refractivity contribution in [2.45, 2.75) is 44.4 Å². The molecule has 5 nitrogen and oxygen atoms in total. The van der Waals surface area contributed by atoms with E-state index in [2.05, 4.69) is 0 Å². The third-order valence-corrected chi connectivity index (χ3v) is 4.92. The van der Waals surface area contributed by atoms with Crippen LogP contribution in [-0.2, 0) is 14.8 Å². The molecule has 15 heavy (non-hydrogen) atoms. The summed E-state index contributed by atoms with van der Waals surface area (Å²) in [5.74, 6) is -1.10. The Balaban J connectivity index is 2.94. The lowest BCUT2D eigenvalue weighted by molar-refractivity contribution is -0.137. The van der Waals surface area contributed by atoms with Gasteiger partial charge >= 0.3 is 5.97 Å². The molecular formula is C9H17NO4S. The zero-order valence-electron chi connectivity index (χ0n) is 9.23. The van der Waals surface area contributed by atoms with Crippen molar-refractivity contribution < 1.29 is 18.3 Å². The maximum atomic E-state index is 12.0. The Morgan fingerprint density at radius 3 is 2.13 bits per heavy atom. The predicted molar refractivity (Wildman–Crippen MR) is 56.0 cm³/mol. The van der Waals surface area contributed by atoms with Gasteiger partial charge in [0.2, 0.25) is 10.0 Å². The SMILES string of the molecule is CC(C)(C)S(=O)(=O)N(CC(=O)O)C1CC1. The molecule has 0 amide bonds. The molecule has 88 valence electrons. The van der Waals surface area contributed by atoms with E-state index in [0.717, 1.165) is 17.1 Å². The van der Waals surface area contributed by atoms with Crippen LogP contribution in [0, 0.1) is 0 Å². The van der Waals surface area contributed by atoms with Gasteiger partial charge in [0.15, 0.2) is 0 Å². The molecule has 1 N–H and O–H groups in total. The van der Waals surface area contributed by atoms with E-state index in [1.807, 2.05) is 0 Å². The van der Waals surface area contributed by atoms with Gasteiger partial charge in [-0.2, -0.15) is 4.31 Å². The van der Waals surface area contributed by atoms with E-state index in [0.29, 0.717) is 0 Å². The summed E-state index contributed by atoms with van der Waals surface area (Å²) in [4.78, 5) is 10.6. The smallest absolute Gasteiger partial charge is 0.318 e. The monoisotopic (exact) mass is 235 g/mol. The van der Waals surface area contributed by atoms with Crippen LogP contribution in [-0.4, -0.2) is 41.1 Å². The molecule has 1 aliphatic rings. The summed E-state index contributed by atoms with van der Waals surface area (Å²) >= 11 is 0. The van der Waals surface area contributed by atoms with Crippen LogP contribution >= 0.6 is 0 Å². The third kappa shape index (κ3) is 2.69. The first-order chi connectivity index (χ1) is 6.66.